The second-order valence-electron chi connectivity index (χ2n) is 5.67. The van der Waals surface area contributed by atoms with E-state index in [-0.39, 0.29) is 5.91 Å². The van der Waals surface area contributed by atoms with E-state index in [1.165, 1.54) is 6.42 Å². The highest BCUT2D eigenvalue weighted by Crippen LogP contribution is 2.21. The number of carbonyl (C=O) groups excluding carboxylic acids is 1. The second-order valence-corrected chi connectivity index (χ2v) is 6.83. The Hall–Kier alpha value is -0.620. The van der Waals surface area contributed by atoms with E-state index in [1.54, 1.807) is 0 Å². The largest absolute Gasteiger partial charge is 0.324 e. The molecule has 4 heteroatoms. The number of rotatable bonds is 3. The Morgan fingerprint density at radius 2 is 1.95 bits per heavy atom. The van der Waals surface area contributed by atoms with Crippen LogP contribution in [0.2, 0.25) is 0 Å². The molecule has 1 amide bonds. The summed E-state index contributed by atoms with van der Waals surface area (Å²) in [6.07, 6.45) is 1.27. The van der Waals surface area contributed by atoms with Crippen molar-refractivity contribution < 1.29 is 4.79 Å². The van der Waals surface area contributed by atoms with Crippen molar-refractivity contribution in [3.05, 3.63) is 27.8 Å². The monoisotopic (exact) mass is 372 g/mol. The third-order valence-electron chi connectivity index (χ3n) is 3.46. The number of nitrogens with zero attached hydrogens (tertiary/aromatic N) is 1. The molecule has 3 nitrogen and oxygen atoms in total. The molecule has 1 aromatic carbocycles. The van der Waals surface area contributed by atoms with E-state index < -0.39 is 0 Å². The van der Waals surface area contributed by atoms with Gasteiger partial charge in [-0.25, -0.2) is 0 Å². The van der Waals surface area contributed by atoms with Gasteiger partial charge in [0.2, 0.25) is 5.91 Å². The SMILES string of the molecule is CC1CC(C)CN(CC(=O)Nc2ccccc2I)C1. The lowest BCUT2D eigenvalue weighted by molar-refractivity contribution is -0.117. The van der Waals surface area contributed by atoms with Crippen LogP contribution >= 0.6 is 22.6 Å². The summed E-state index contributed by atoms with van der Waals surface area (Å²) in [5, 5.41) is 3.00. The average Bonchev–Trinajstić information content (AvgIpc) is 2.30. The van der Waals surface area contributed by atoms with E-state index in [9.17, 15) is 4.79 Å². The van der Waals surface area contributed by atoms with Crippen LogP contribution in [0, 0.1) is 15.4 Å². The van der Waals surface area contributed by atoms with Gasteiger partial charge < -0.3 is 5.32 Å². The van der Waals surface area contributed by atoms with E-state index in [0.29, 0.717) is 18.4 Å². The van der Waals surface area contributed by atoms with Gasteiger partial charge in [0.15, 0.2) is 0 Å². The number of halogens is 1. The number of likely N-dealkylation sites (tertiary alicyclic amines) is 1. The number of piperidine rings is 1. The molecule has 1 heterocycles. The van der Waals surface area contributed by atoms with E-state index in [4.69, 9.17) is 0 Å². The number of amides is 1. The van der Waals surface area contributed by atoms with E-state index in [2.05, 4.69) is 46.7 Å². The Labute approximate surface area is 128 Å². The molecular weight excluding hydrogens is 351 g/mol. The first-order valence-electron chi connectivity index (χ1n) is 6.81. The minimum absolute atomic E-state index is 0.0883. The van der Waals surface area contributed by atoms with Gasteiger partial charge in [-0.3, -0.25) is 9.69 Å². The van der Waals surface area contributed by atoms with Crippen molar-refractivity contribution in [2.75, 3.05) is 25.0 Å². The molecule has 1 aliphatic heterocycles. The molecular formula is C15H21IN2O. The van der Waals surface area contributed by atoms with Crippen molar-refractivity contribution in [1.29, 1.82) is 0 Å². The van der Waals surface area contributed by atoms with Crippen LogP contribution in [0.5, 0.6) is 0 Å². The number of hydrogen-bond donors (Lipinski definition) is 1. The average molecular weight is 372 g/mol. The number of nitrogens with one attached hydrogen (secondary N) is 1. The van der Waals surface area contributed by atoms with Gasteiger partial charge in [-0.05, 0) is 53.0 Å². The molecule has 1 fully saturated rings. The van der Waals surface area contributed by atoms with Crippen LogP contribution in [-0.2, 0) is 4.79 Å². The van der Waals surface area contributed by atoms with Gasteiger partial charge in [-0.1, -0.05) is 26.0 Å². The fourth-order valence-corrected chi connectivity index (χ4v) is 3.40. The molecule has 0 bridgehead atoms. The summed E-state index contributed by atoms with van der Waals surface area (Å²) in [4.78, 5) is 14.4. The Morgan fingerprint density at radius 3 is 2.58 bits per heavy atom. The van der Waals surface area contributed by atoms with Crippen molar-refractivity contribution in [3.8, 4) is 0 Å². The van der Waals surface area contributed by atoms with E-state index in [1.807, 2.05) is 24.3 Å². The third kappa shape index (κ3) is 4.45. The highest BCUT2D eigenvalue weighted by molar-refractivity contribution is 14.1. The predicted octanol–water partition coefficient (Wildman–Crippen LogP) is 3.21. The molecule has 1 N–H and O–H groups in total. The summed E-state index contributed by atoms with van der Waals surface area (Å²) in [7, 11) is 0. The van der Waals surface area contributed by atoms with Gasteiger partial charge in [0, 0.05) is 16.7 Å². The summed E-state index contributed by atoms with van der Waals surface area (Å²) < 4.78 is 1.08. The highest BCUT2D eigenvalue weighted by atomic mass is 127. The van der Waals surface area contributed by atoms with Crippen LogP contribution in [0.4, 0.5) is 5.69 Å². The molecule has 0 aromatic heterocycles. The minimum atomic E-state index is 0.0883. The zero-order valence-corrected chi connectivity index (χ0v) is 13.7. The molecule has 0 saturated carbocycles. The third-order valence-corrected chi connectivity index (χ3v) is 4.40. The van der Waals surface area contributed by atoms with Crippen LogP contribution in [0.1, 0.15) is 20.3 Å². The molecule has 2 unspecified atom stereocenters. The molecule has 1 aromatic rings. The van der Waals surface area contributed by atoms with E-state index >= 15 is 0 Å². The molecule has 1 aliphatic rings. The molecule has 0 aliphatic carbocycles. The van der Waals surface area contributed by atoms with Gasteiger partial charge in [0.25, 0.3) is 0 Å². The number of para-hydroxylation sites is 1. The lowest BCUT2D eigenvalue weighted by Crippen LogP contribution is -2.42. The topological polar surface area (TPSA) is 32.3 Å². The molecule has 0 radical (unpaired) electrons. The first-order valence-corrected chi connectivity index (χ1v) is 7.89. The predicted molar refractivity (Wildman–Crippen MR) is 87.2 cm³/mol. The molecule has 19 heavy (non-hydrogen) atoms. The molecule has 1 saturated heterocycles. The Morgan fingerprint density at radius 1 is 1.32 bits per heavy atom. The first kappa shape index (κ1) is 14.8. The maximum atomic E-state index is 12.1. The van der Waals surface area contributed by atoms with Gasteiger partial charge in [0.1, 0.15) is 0 Å². The summed E-state index contributed by atoms with van der Waals surface area (Å²) in [6, 6.07) is 7.87. The van der Waals surface area contributed by atoms with Crippen LogP contribution in [0.3, 0.4) is 0 Å². The molecule has 2 rings (SSSR count). The number of carbonyl (C=O) groups is 1. The van der Waals surface area contributed by atoms with Crippen LogP contribution < -0.4 is 5.32 Å². The summed E-state index contributed by atoms with van der Waals surface area (Å²) >= 11 is 2.24. The molecule has 0 spiro atoms. The van der Waals surface area contributed by atoms with Crippen molar-refractivity contribution in [1.82, 2.24) is 4.90 Å². The Balaban J connectivity index is 1.89. The number of hydrogen-bond acceptors (Lipinski definition) is 2. The summed E-state index contributed by atoms with van der Waals surface area (Å²) in [6.45, 7) is 7.09. The second kappa shape index (κ2) is 6.70. The maximum Gasteiger partial charge on any atom is 0.238 e. The van der Waals surface area contributed by atoms with Crippen molar-refractivity contribution in [2.24, 2.45) is 11.8 Å². The van der Waals surface area contributed by atoms with Crippen LogP contribution in [-0.4, -0.2) is 30.4 Å². The quantitative estimate of drug-likeness (QED) is 0.827. The minimum Gasteiger partial charge on any atom is -0.324 e. The molecule has 104 valence electrons. The van der Waals surface area contributed by atoms with Crippen LogP contribution in [0.25, 0.3) is 0 Å². The van der Waals surface area contributed by atoms with Crippen molar-refractivity contribution in [2.45, 2.75) is 20.3 Å². The fourth-order valence-electron chi connectivity index (χ4n) is 2.88. The van der Waals surface area contributed by atoms with Gasteiger partial charge in [-0.2, -0.15) is 0 Å². The summed E-state index contributed by atoms with van der Waals surface area (Å²) in [5.74, 6) is 1.47. The van der Waals surface area contributed by atoms with Crippen LogP contribution in [0.15, 0.2) is 24.3 Å². The summed E-state index contributed by atoms with van der Waals surface area (Å²) in [5.41, 5.74) is 0.909. The van der Waals surface area contributed by atoms with Gasteiger partial charge in [0.05, 0.1) is 12.2 Å². The lowest BCUT2D eigenvalue weighted by Gasteiger charge is -2.34. The number of benzene rings is 1. The smallest absolute Gasteiger partial charge is 0.238 e. The Bertz CT molecular complexity index is 440. The maximum absolute atomic E-state index is 12.1. The van der Waals surface area contributed by atoms with E-state index in [0.717, 1.165) is 22.3 Å². The first-order chi connectivity index (χ1) is 9.04. The zero-order valence-electron chi connectivity index (χ0n) is 11.5. The normalized spacial score (nSPS) is 24.2. The van der Waals surface area contributed by atoms with Crippen molar-refractivity contribution in [3.63, 3.8) is 0 Å². The molecule has 2 atom stereocenters. The number of anilines is 1. The lowest BCUT2D eigenvalue weighted by atomic mass is 9.92. The highest BCUT2D eigenvalue weighted by Gasteiger charge is 2.23. The zero-order chi connectivity index (χ0) is 13.8. The van der Waals surface area contributed by atoms with Crippen molar-refractivity contribution >= 4 is 34.2 Å². The fraction of sp³-hybridized carbons (Fsp3) is 0.533. The Kier molecular flexibility index (Phi) is 5.21. The standard InChI is InChI=1S/C15H21IN2O/c1-11-7-12(2)9-18(8-11)10-15(19)17-14-6-4-3-5-13(14)16/h3-6,11-12H,7-10H2,1-2H3,(H,17,19). The van der Waals surface area contributed by atoms with Gasteiger partial charge in [-0.15, -0.1) is 0 Å². The van der Waals surface area contributed by atoms with Gasteiger partial charge >= 0.3 is 0 Å².